The molecule has 0 saturated carbocycles. The van der Waals surface area contributed by atoms with Crippen molar-refractivity contribution in [3.8, 4) is 0 Å². The molecule has 0 unspecified atom stereocenters. The van der Waals surface area contributed by atoms with Crippen molar-refractivity contribution in [2.24, 2.45) is 0 Å². The van der Waals surface area contributed by atoms with Gasteiger partial charge >= 0.3 is 0 Å². The molecule has 4 heteroatoms. The van der Waals surface area contributed by atoms with Crippen molar-refractivity contribution in [1.29, 1.82) is 0 Å². The van der Waals surface area contributed by atoms with E-state index in [0.29, 0.717) is 0 Å². The number of hydrogen-bond acceptors (Lipinski definition) is 2. The first-order valence-electron chi connectivity index (χ1n) is 1.43. The minimum Gasteiger partial charge on any atom is -0.461 e. The molecule has 27 valence electrons. The summed E-state index contributed by atoms with van der Waals surface area (Å²) in [6.07, 6.45) is 0. The molecule has 0 fully saturated rings. The van der Waals surface area contributed by atoms with Gasteiger partial charge in [-0.15, -0.1) is 0 Å². The SMILES string of the molecule is CB(O)[B]O. The maximum absolute atomic E-state index is 8.06. The van der Waals surface area contributed by atoms with Crippen LogP contribution in [0.15, 0.2) is 0 Å². The average molecular weight is 70.7 g/mol. The minimum absolute atomic E-state index is 0.685. The second-order valence-electron chi connectivity index (χ2n) is 0.890. The van der Waals surface area contributed by atoms with Gasteiger partial charge in [-0.3, -0.25) is 0 Å². The van der Waals surface area contributed by atoms with Gasteiger partial charge < -0.3 is 10.0 Å². The summed E-state index contributed by atoms with van der Waals surface area (Å²) in [4.78, 5) is 0. The van der Waals surface area contributed by atoms with Crippen molar-refractivity contribution in [3.05, 3.63) is 0 Å². The lowest BCUT2D eigenvalue weighted by Gasteiger charge is -1.80. The van der Waals surface area contributed by atoms with E-state index >= 15 is 0 Å². The van der Waals surface area contributed by atoms with Crippen LogP contribution in [0.3, 0.4) is 0 Å². The van der Waals surface area contributed by atoms with Crippen molar-refractivity contribution in [3.63, 3.8) is 0 Å². The molecule has 0 aromatic heterocycles. The third kappa shape index (κ3) is 4.05. The molecule has 5 heavy (non-hydrogen) atoms. The minimum atomic E-state index is -0.685. The van der Waals surface area contributed by atoms with Gasteiger partial charge in [0.25, 0.3) is 14.2 Å². The lowest BCUT2D eigenvalue weighted by molar-refractivity contribution is 0.568. The zero-order valence-electron chi connectivity index (χ0n) is 3.05. The maximum Gasteiger partial charge on any atom is 0.283 e. The molecule has 0 aliphatic rings. The molecule has 0 spiro atoms. The van der Waals surface area contributed by atoms with Crippen LogP contribution in [-0.4, -0.2) is 24.2 Å². The third-order valence-corrected chi connectivity index (χ3v) is 0.216. The maximum atomic E-state index is 8.06. The molecular formula is CH5B2O2. The van der Waals surface area contributed by atoms with E-state index in [4.69, 9.17) is 10.0 Å². The highest BCUT2D eigenvalue weighted by molar-refractivity contribution is 7.04. The van der Waals surface area contributed by atoms with Gasteiger partial charge in [-0.05, 0) is 0 Å². The highest BCUT2D eigenvalue weighted by Crippen LogP contribution is 1.58. The van der Waals surface area contributed by atoms with Crippen LogP contribution in [-0.2, 0) is 0 Å². The van der Waals surface area contributed by atoms with E-state index in [2.05, 4.69) is 0 Å². The van der Waals surface area contributed by atoms with Crippen LogP contribution >= 0.6 is 0 Å². The van der Waals surface area contributed by atoms with E-state index < -0.39 is 6.81 Å². The van der Waals surface area contributed by atoms with E-state index in [0.717, 1.165) is 7.37 Å². The second kappa shape index (κ2) is 2.30. The van der Waals surface area contributed by atoms with Crippen molar-refractivity contribution in [1.82, 2.24) is 0 Å². The van der Waals surface area contributed by atoms with Gasteiger partial charge in [0.1, 0.15) is 0 Å². The summed E-state index contributed by atoms with van der Waals surface area (Å²) >= 11 is 0. The standard InChI is InChI=1S/CH5B2O2/c1-3(5)2-4/h4-5H,1H3. The Morgan fingerprint density at radius 3 is 2.00 bits per heavy atom. The highest BCUT2D eigenvalue weighted by Gasteiger charge is 1.97. The summed E-state index contributed by atoms with van der Waals surface area (Å²) < 4.78 is 0. The second-order valence-corrected chi connectivity index (χ2v) is 0.890. The topological polar surface area (TPSA) is 40.5 Å². The molecule has 1 radical (unpaired) electrons. The molecule has 0 amide bonds. The van der Waals surface area contributed by atoms with E-state index in [1.165, 1.54) is 6.82 Å². The lowest BCUT2D eigenvalue weighted by atomic mass is 9.45. The molecule has 2 nitrogen and oxygen atoms in total. The molecule has 0 atom stereocenters. The Morgan fingerprint density at radius 1 is 1.80 bits per heavy atom. The van der Waals surface area contributed by atoms with Gasteiger partial charge in [-0.2, -0.15) is 0 Å². The monoisotopic (exact) mass is 71.0 g/mol. The van der Waals surface area contributed by atoms with Gasteiger partial charge in [0, 0.05) is 0 Å². The normalized spacial score (nSPS) is 7.00. The molecule has 0 aromatic carbocycles. The van der Waals surface area contributed by atoms with Crippen LogP contribution in [0, 0.1) is 0 Å². The Bertz CT molecular complexity index is 21.6. The molecular weight excluding hydrogens is 65.6 g/mol. The first-order chi connectivity index (χ1) is 2.27. The first-order valence-corrected chi connectivity index (χ1v) is 1.43. The fourth-order valence-corrected chi connectivity index (χ4v) is 0. The van der Waals surface area contributed by atoms with E-state index in [1.54, 1.807) is 0 Å². The van der Waals surface area contributed by atoms with Gasteiger partial charge in [0.15, 0.2) is 0 Å². The number of rotatable bonds is 1. The van der Waals surface area contributed by atoms with Gasteiger partial charge in [0.2, 0.25) is 0 Å². The van der Waals surface area contributed by atoms with Crippen LogP contribution < -0.4 is 0 Å². The van der Waals surface area contributed by atoms with Crippen molar-refractivity contribution in [2.75, 3.05) is 0 Å². The highest BCUT2D eigenvalue weighted by atomic mass is 16.2. The summed E-state index contributed by atoms with van der Waals surface area (Å²) in [5, 5.41) is 15.8. The van der Waals surface area contributed by atoms with E-state index in [9.17, 15) is 0 Å². The Labute approximate surface area is 32.2 Å². The van der Waals surface area contributed by atoms with Gasteiger partial charge in [-0.1, -0.05) is 6.82 Å². The van der Waals surface area contributed by atoms with Crippen LogP contribution in [0.1, 0.15) is 0 Å². The largest absolute Gasteiger partial charge is 0.461 e. The Morgan fingerprint density at radius 2 is 2.00 bits per heavy atom. The summed E-state index contributed by atoms with van der Waals surface area (Å²) in [6.45, 7) is 0.787. The molecule has 0 aromatic rings. The Balaban J connectivity index is 2.54. The summed E-state index contributed by atoms with van der Waals surface area (Å²) in [6, 6.07) is 0. The van der Waals surface area contributed by atoms with Crippen LogP contribution in [0.5, 0.6) is 0 Å². The van der Waals surface area contributed by atoms with Crippen LogP contribution in [0.25, 0.3) is 0 Å². The molecule has 0 aliphatic heterocycles. The van der Waals surface area contributed by atoms with Crippen molar-refractivity contribution in [2.45, 2.75) is 6.82 Å². The quantitative estimate of drug-likeness (QED) is 0.377. The summed E-state index contributed by atoms with van der Waals surface area (Å²) in [7, 11) is 0.722. The molecule has 0 rings (SSSR count). The smallest absolute Gasteiger partial charge is 0.283 e. The molecule has 0 aliphatic carbocycles. The van der Waals surface area contributed by atoms with E-state index in [1.807, 2.05) is 0 Å². The van der Waals surface area contributed by atoms with Gasteiger partial charge in [0.05, 0.1) is 0 Å². The van der Waals surface area contributed by atoms with Crippen molar-refractivity contribution < 1.29 is 10.0 Å². The fourth-order valence-electron chi connectivity index (χ4n) is 0. The van der Waals surface area contributed by atoms with Crippen molar-refractivity contribution >= 4 is 14.2 Å². The summed E-state index contributed by atoms with van der Waals surface area (Å²) in [5.74, 6) is 0. The fraction of sp³-hybridized carbons (Fsp3) is 1.00. The lowest BCUT2D eigenvalue weighted by Crippen LogP contribution is -2.15. The molecule has 2 N–H and O–H groups in total. The predicted molar refractivity (Wildman–Crippen MR) is 21.8 cm³/mol. The summed E-state index contributed by atoms with van der Waals surface area (Å²) in [5.41, 5.74) is 0. The third-order valence-electron chi connectivity index (χ3n) is 0.216. The first kappa shape index (κ1) is 5.05. The Hall–Kier alpha value is 0.0499. The Kier molecular flexibility index (Phi) is 2.32. The van der Waals surface area contributed by atoms with Crippen LogP contribution in [0.4, 0.5) is 0 Å². The van der Waals surface area contributed by atoms with Crippen LogP contribution in [0.2, 0.25) is 6.82 Å². The molecule has 0 bridgehead atoms. The predicted octanol–water partition coefficient (Wildman–Crippen LogP) is -1.29. The average Bonchev–Trinajstić information content (AvgIpc) is 1.38. The zero-order valence-corrected chi connectivity index (χ0v) is 3.05. The zero-order chi connectivity index (χ0) is 4.28. The number of hydrogen-bond donors (Lipinski definition) is 2. The molecule has 0 heterocycles. The molecule has 0 saturated heterocycles. The van der Waals surface area contributed by atoms with E-state index in [-0.39, 0.29) is 0 Å². The van der Waals surface area contributed by atoms with Gasteiger partial charge in [-0.25, -0.2) is 0 Å².